The lowest BCUT2D eigenvalue weighted by Crippen LogP contribution is -2.04. The van der Waals surface area contributed by atoms with Crippen molar-refractivity contribution in [2.45, 2.75) is 19.8 Å². The molecule has 1 aromatic rings. The average Bonchev–Trinajstić information content (AvgIpc) is 2.26. The standard InChI is InChI=1S/C12H15FO4/c1-7-6-9(13)12(17-3)11(16-2)8(7)4-5-10(14)15/h6H,4-5H2,1-3H3,(H,14,15). The third-order valence-electron chi connectivity index (χ3n) is 2.51. The summed E-state index contributed by atoms with van der Waals surface area (Å²) in [4.78, 5) is 10.6. The fourth-order valence-corrected chi connectivity index (χ4v) is 1.72. The van der Waals surface area contributed by atoms with E-state index < -0.39 is 11.8 Å². The predicted molar refractivity (Wildman–Crippen MR) is 60.2 cm³/mol. The summed E-state index contributed by atoms with van der Waals surface area (Å²) in [6.07, 6.45) is 0.243. The van der Waals surface area contributed by atoms with Crippen LogP contribution in [0.1, 0.15) is 17.5 Å². The summed E-state index contributed by atoms with van der Waals surface area (Å²) in [7, 11) is 2.75. The van der Waals surface area contributed by atoms with E-state index in [0.29, 0.717) is 11.1 Å². The van der Waals surface area contributed by atoms with Crippen molar-refractivity contribution in [2.75, 3.05) is 14.2 Å². The highest BCUT2D eigenvalue weighted by molar-refractivity contribution is 5.67. The van der Waals surface area contributed by atoms with Gasteiger partial charge in [0.2, 0.25) is 0 Å². The monoisotopic (exact) mass is 242 g/mol. The minimum Gasteiger partial charge on any atom is -0.492 e. The van der Waals surface area contributed by atoms with E-state index in [-0.39, 0.29) is 24.3 Å². The molecule has 94 valence electrons. The molecule has 5 heteroatoms. The van der Waals surface area contributed by atoms with Gasteiger partial charge in [0.05, 0.1) is 14.2 Å². The summed E-state index contributed by atoms with van der Waals surface area (Å²) in [6, 6.07) is 1.32. The number of methoxy groups -OCH3 is 2. The van der Waals surface area contributed by atoms with Crippen LogP contribution in [0.5, 0.6) is 11.5 Å². The average molecular weight is 242 g/mol. The van der Waals surface area contributed by atoms with Gasteiger partial charge in [-0.15, -0.1) is 0 Å². The number of aliphatic carboxylic acids is 1. The van der Waals surface area contributed by atoms with E-state index in [4.69, 9.17) is 14.6 Å². The summed E-state index contributed by atoms with van der Waals surface area (Å²) in [5, 5.41) is 8.66. The second-order valence-corrected chi connectivity index (χ2v) is 3.61. The molecule has 0 heterocycles. The van der Waals surface area contributed by atoms with Crippen LogP contribution in [0.2, 0.25) is 0 Å². The van der Waals surface area contributed by atoms with Crippen molar-refractivity contribution in [3.63, 3.8) is 0 Å². The number of hydrogen-bond acceptors (Lipinski definition) is 3. The van der Waals surface area contributed by atoms with Gasteiger partial charge in [0, 0.05) is 12.0 Å². The molecule has 0 unspecified atom stereocenters. The van der Waals surface area contributed by atoms with Crippen molar-refractivity contribution in [1.82, 2.24) is 0 Å². The van der Waals surface area contributed by atoms with Crippen molar-refractivity contribution in [3.8, 4) is 11.5 Å². The number of hydrogen-bond donors (Lipinski definition) is 1. The van der Waals surface area contributed by atoms with Gasteiger partial charge < -0.3 is 14.6 Å². The smallest absolute Gasteiger partial charge is 0.303 e. The van der Waals surface area contributed by atoms with Crippen LogP contribution in [-0.2, 0) is 11.2 Å². The van der Waals surface area contributed by atoms with Crippen molar-refractivity contribution in [1.29, 1.82) is 0 Å². The van der Waals surface area contributed by atoms with Crippen molar-refractivity contribution < 1.29 is 23.8 Å². The summed E-state index contributed by atoms with van der Waals surface area (Å²) in [5.41, 5.74) is 1.31. The van der Waals surface area contributed by atoms with Gasteiger partial charge in [0.1, 0.15) is 0 Å². The molecule has 4 nitrogen and oxygen atoms in total. The van der Waals surface area contributed by atoms with Crippen molar-refractivity contribution in [3.05, 3.63) is 23.0 Å². The molecule has 0 saturated heterocycles. The normalized spacial score (nSPS) is 10.1. The number of benzene rings is 1. The molecule has 0 bridgehead atoms. The Morgan fingerprint density at radius 1 is 1.35 bits per heavy atom. The van der Waals surface area contributed by atoms with Crippen LogP contribution in [0.4, 0.5) is 4.39 Å². The first kappa shape index (κ1) is 13.3. The van der Waals surface area contributed by atoms with Crippen LogP contribution >= 0.6 is 0 Å². The molecule has 0 aliphatic carbocycles. The lowest BCUT2D eigenvalue weighted by Gasteiger charge is -2.15. The molecular formula is C12H15FO4. The number of aryl methyl sites for hydroxylation is 1. The molecule has 0 amide bonds. The molecule has 1 aromatic carbocycles. The SMILES string of the molecule is COc1c(F)cc(C)c(CCC(=O)O)c1OC. The summed E-state index contributed by atoms with van der Waals surface area (Å²) in [5.74, 6) is -1.14. The highest BCUT2D eigenvalue weighted by Gasteiger charge is 2.18. The Hall–Kier alpha value is -1.78. The zero-order valence-corrected chi connectivity index (χ0v) is 10.0. The Balaban J connectivity index is 3.21. The number of carboxylic acids is 1. The van der Waals surface area contributed by atoms with Gasteiger partial charge in [-0.3, -0.25) is 4.79 Å². The van der Waals surface area contributed by atoms with Crippen LogP contribution in [0.3, 0.4) is 0 Å². The maximum atomic E-state index is 13.6. The minimum absolute atomic E-state index is 0.0125. The van der Waals surface area contributed by atoms with Gasteiger partial charge in [-0.25, -0.2) is 4.39 Å². The van der Waals surface area contributed by atoms with E-state index >= 15 is 0 Å². The Morgan fingerprint density at radius 3 is 2.41 bits per heavy atom. The fraction of sp³-hybridized carbons (Fsp3) is 0.417. The van der Waals surface area contributed by atoms with Crippen LogP contribution in [0, 0.1) is 12.7 Å². The second-order valence-electron chi connectivity index (χ2n) is 3.61. The third kappa shape index (κ3) is 2.87. The Labute approximate surface area is 99.0 Å². The van der Waals surface area contributed by atoms with Crippen molar-refractivity contribution >= 4 is 5.97 Å². The first-order chi connectivity index (χ1) is 8.01. The van der Waals surface area contributed by atoms with E-state index in [9.17, 15) is 9.18 Å². The van der Waals surface area contributed by atoms with Gasteiger partial charge in [-0.1, -0.05) is 0 Å². The van der Waals surface area contributed by atoms with E-state index in [1.165, 1.54) is 20.3 Å². The molecule has 1 N–H and O–H groups in total. The minimum atomic E-state index is -0.908. The third-order valence-corrected chi connectivity index (χ3v) is 2.51. The topological polar surface area (TPSA) is 55.8 Å². The molecular weight excluding hydrogens is 227 g/mol. The molecule has 0 aromatic heterocycles. The van der Waals surface area contributed by atoms with Gasteiger partial charge in [-0.2, -0.15) is 0 Å². The first-order valence-corrected chi connectivity index (χ1v) is 5.13. The van der Waals surface area contributed by atoms with Crippen molar-refractivity contribution in [2.24, 2.45) is 0 Å². The van der Waals surface area contributed by atoms with Gasteiger partial charge in [0.25, 0.3) is 0 Å². The molecule has 0 radical (unpaired) electrons. The Morgan fingerprint density at radius 2 is 1.94 bits per heavy atom. The second kappa shape index (κ2) is 5.52. The number of rotatable bonds is 5. The zero-order chi connectivity index (χ0) is 13.0. The van der Waals surface area contributed by atoms with E-state index in [1.54, 1.807) is 6.92 Å². The summed E-state index contributed by atoms with van der Waals surface area (Å²) >= 11 is 0. The van der Waals surface area contributed by atoms with Gasteiger partial charge in [-0.05, 0) is 25.0 Å². The highest BCUT2D eigenvalue weighted by atomic mass is 19.1. The van der Waals surface area contributed by atoms with Crippen LogP contribution in [-0.4, -0.2) is 25.3 Å². The van der Waals surface area contributed by atoms with Crippen LogP contribution in [0.25, 0.3) is 0 Å². The summed E-state index contributed by atoms with van der Waals surface area (Å²) < 4.78 is 23.6. The molecule has 0 spiro atoms. The first-order valence-electron chi connectivity index (χ1n) is 5.13. The lowest BCUT2D eigenvalue weighted by atomic mass is 10.0. The van der Waals surface area contributed by atoms with E-state index in [2.05, 4.69) is 0 Å². The van der Waals surface area contributed by atoms with Crippen LogP contribution in [0.15, 0.2) is 6.07 Å². The Bertz CT molecular complexity index is 429. The quantitative estimate of drug-likeness (QED) is 0.859. The maximum Gasteiger partial charge on any atom is 0.303 e. The van der Waals surface area contributed by atoms with E-state index in [0.717, 1.165) is 0 Å². The van der Waals surface area contributed by atoms with Gasteiger partial charge in [0.15, 0.2) is 17.3 Å². The molecule has 0 atom stereocenters. The maximum absolute atomic E-state index is 13.6. The van der Waals surface area contributed by atoms with Gasteiger partial charge >= 0.3 is 5.97 Å². The van der Waals surface area contributed by atoms with Crippen LogP contribution < -0.4 is 9.47 Å². The number of carbonyl (C=O) groups is 1. The molecule has 17 heavy (non-hydrogen) atoms. The zero-order valence-electron chi connectivity index (χ0n) is 10.0. The fourth-order valence-electron chi connectivity index (χ4n) is 1.72. The molecule has 0 aliphatic rings. The largest absolute Gasteiger partial charge is 0.492 e. The number of halogens is 1. The number of ether oxygens (including phenoxy) is 2. The molecule has 0 saturated carbocycles. The lowest BCUT2D eigenvalue weighted by molar-refractivity contribution is -0.136. The Kier molecular flexibility index (Phi) is 4.31. The molecule has 0 aliphatic heterocycles. The van der Waals surface area contributed by atoms with E-state index in [1.807, 2.05) is 0 Å². The molecule has 0 fully saturated rings. The number of carboxylic acid groups (broad SMARTS) is 1. The molecule has 1 rings (SSSR count). The summed E-state index contributed by atoms with van der Waals surface area (Å²) in [6.45, 7) is 1.71. The highest BCUT2D eigenvalue weighted by Crippen LogP contribution is 2.36. The predicted octanol–water partition coefficient (Wildman–Crippen LogP) is 2.17.